The van der Waals surface area contributed by atoms with E-state index in [-0.39, 0.29) is 6.54 Å². The van der Waals surface area contributed by atoms with Gasteiger partial charge in [-0.3, -0.25) is 9.69 Å². The molecule has 1 aliphatic heterocycles. The highest BCUT2D eigenvalue weighted by Crippen LogP contribution is 2.16. The van der Waals surface area contributed by atoms with Crippen molar-refractivity contribution in [2.75, 3.05) is 19.6 Å². The molecule has 0 saturated heterocycles. The molecule has 2 rings (SSSR count). The van der Waals surface area contributed by atoms with Gasteiger partial charge >= 0.3 is 5.97 Å². The van der Waals surface area contributed by atoms with Gasteiger partial charge in [-0.15, -0.1) is 10.2 Å². The number of nitrogens with zero attached hydrogens (tertiary/aromatic N) is 4. The first-order valence-corrected chi connectivity index (χ1v) is 4.62. The van der Waals surface area contributed by atoms with Crippen molar-refractivity contribution < 1.29 is 9.90 Å². The number of nitrogens with one attached hydrogen (secondary N) is 1. The summed E-state index contributed by atoms with van der Waals surface area (Å²) >= 11 is 0. The van der Waals surface area contributed by atoms with Crippen LogP contribution in [0.1, 0.15) is 12.2 Å². The van der Waals surface area contributed by atoms with Crippen LogP contribution in [0.2, 0.25) is 0 Å². The number of tetrazole rings is 1. The molecule has 0 radical (unpaired) electrons. The van der Waals surface area contributed by atoms with Crippen molar-refractivity contribution >= 4 is 11.5 Å². The first-order chi connectivity index (χ1) is 7.25. The second-order valence-electron chi connectivity index (χ2n) is 3.36. The predicted octanol–water partition coefficient (Wildman–Crippen LogP) is -0.627. The Bertz CT molecular complexity index is 372. The standard InChI is InChI=1S/C8H11N5O2/c14-7(15)5-13-3-1-2-6(4-13)8-9-11-12-10-8/h2H,1,3-5H2,(H,14,15)(H,9,10,11,12). The maximum Gasteiger partial charge on any atom is 0.317 e. The number of rotatable bonds is 3. The molecular formula is C8H11N5O2. The second kappa shape index (κ2) is 4.18. The lowest BCUT2D eigenvalue weighted by molar-refractivity contribution is -0.138. The second-order valence-corrected chi connectivity index (χ2v) is 3.36. The Morgan fingerprint density at radius 2 is 2.53 bits per heavy atom. The third kappa shape index (κ3) is 2.38. The van der Waals surface area contributed by atoms with Gasteiger partial charge in [-0.1, -0.05) is 6.08 Å². The number of H-pyrrole nitrogens is 1. The summed E-state index contributed by atoms with van der Waals surface area (Å²) in [6.45, 7) is 1.37. The van der Waals surface area contributed by atoms with Crippen LogP contribution in [0.5, 0.6) is 0 Å². The zero-order valence-electron chi connectivity index (χ0n) is 8.05. The molecule has 0 aliphatic carbocycles. The summed E-state index contributed by atoms with van der Waals surface area (Å²) in [6.07, 6.45) is 2.83. The smallest absolute Gasteiger partial charge is 0.317 e. The molecule has 1 aliphatic rings. The Hall–Kier alpha value is -1.76. The fraction of sp³-hybridized carbons (Fsp3) is 0.500. The number of carbonyl (C=O) groups is 1. The molecule has 7 nitrogen and oxygen atoms in total. The van der Waals surface area contributed by atoms with Gasteiger partial charge in [0.15, 0.2) is 0 Å². The Labute approximate surface area is 85.8 Å². The molecule has 0 aromatic carbocycles. The first-order valence-electron chi connectivity index (χ1n) is 4.62. The van der Waals surface area contributed by atoms with Crippen LogP contribution in [0.3, 0.4) is 0 Å². The molecule has 0 bridgehead atoms. The van der Waals surface area contributed by atoms with Gasteiger partial charge in [-0.25, -0.2) is 0 Å². The molecule has 0 fully saturated rings. The van der Waals surface area contributed by atoms with E-state index in [0.29, 0.717) is 12.4 Å². The quantitative estimate of drug-likeness (QED) is 0.688. The van der Waals surface area contributed by atoms with Gasteiger partial charge in [0, 0.05) is 18.7 Å². The van der Waals surface area contributed by atoms with Crippen molar-refractivity contribution in [3.8, 4) is 0 Å². The van der Waals surface area contributed by atoms with E-state index in [1.807, 2.05) is 11.0 Å². The minimum absolute atomic E-state index is 0.0508. The van der Waals surface area contributed by atoms with Gasteiger partial charge in [0.2, 0.25) is 5.82 Å². The number of hydrogen-bond acceptors (Lipinski definition) is 5. The normalized spacial score (nSPS) is 17.5. The van der Waals surface area contributed by atoms with Crippen LogP contribution in [-0.4, -0.2) is 56.2 Å². The summed E-state index contributed by atoms with van der Waals surface area (Å²) < 4.78 is 0. The summed E-state index contributed by atoms with van der Waals surface area (Å²) in [6, 6.07) is 0. The highest BCUT2D eigenvalue weighted by molar-refractivity contribution is 5.70. The third-order valence-electron chi connectivity index (χ3n) is 2.22. The minimum Gasteiger partial charge on any atom is -0.480 e. The Morgan fingerprint density at radius 1 is 1.67 bits per heavy atom. The summed E-state index contributed by atoms with van der Waals surface area (Å²) in [5.41, 5.74) is 0.927. The lowest BCUT2D eigenvalue weighted by Gasteiger charge is -2.23. The molecule has 1 aromatic heterocycles. The highest BCUT2D eigenvalue weighted by Gasteiger charge is 2.18. The number of carboxylic acids is 1. The Balaban J connectivity index is 2.03. The fourth-order valence-electron chi connectivity index (χ4n) is 1.59. The Kier molecular flexibility index (Phi) is 2.72. The van der Waals surface area contributed by atoms with Crippen molar-refractivity contribution in [2.45, 2.75) is 6.42 Å². The monoisotopic (exact) mass is 209 g/mol. The van der Waals surface area contributed by atoms with Crippen molar-refractivity contribution in [1.29, 1.82) is 0 Å². The van der Waals surface area contributed by atoms with Crippen molar-refractivity contribution in [2.24, 2.45) is 0 Å². The molecule has 1 aromatic rings. The third-order valence-corrected chi connectivity index (χ3v) is 2.22. The van der Waals surface area contributed by atoms with Crippen molar-refractivity contribution in [1.82, 2.24) is 25.5 Å². The maximum atomic E-state index is 10.5. The van der Waals surface area contributed by atoms with E-state index in [4.69, 9.17) is 5.11 Å². The van der Waals surface area contributed by atoms with Crippen molar-refractivity contribution in [3.63, 3.8) is 0 Å². The van der Waals surface area contributed by atoms with Crippen LogP contribution in [0.4, 0.5) is 0 Å². The number of carboxylic acid groups (broad SMARTS) is 1. The molecule has 0 saturated carbocycles. The van der Waals surface area contributed by atoms with Gasteiger partial charge in [0.1, 0.15) is 0 Å². The molecule has 0 amide bonds. The van der Waals surface area contributed by atoms with E-state index in [9.17, 15) is 4.79 Å². The van der Waals surface area contributed by atoms with Crippen LogP contribution in [0.15, 0.2) is 6.08 Å². The van der Waals surface area contributed by atoms with E-state index in [2.05, 4.69) is 20.6 Å². The summed E-state index contributed by atoms with van der Waals surface area (Å²) in [7, 11) is 0. The SMILES string of the molecule is O=C(O)CN1CCC=C(c2nn[nH]n2)C1. The summed E-state index contributed by atoms with van der Waals surface area (Å²) in [5, 5.41) is 22.2. The first kappa shape index (κ1) is 9.78. The van der Waals surface area contributed by atoms with Crippen LogP contribution in [0.25, 0.3) is 5.57 Å². The average Bonchev–Trinajstić information content (AvgIpc) is 2.69. The van der Waals surface area contributed by atoms with E-state index in [1.165, 1.54) is 0 Å². The van der Waals surface area contributed by atoms with Crippen LogP contribution in [-0.2, 0) is 4.79 Å². The Morgan fingerprint density at radius 3 is 3.20 bits per heavy atom. The molecule has 2 heterocycles. The topological polar surface area (TPSA) is 95.0 Å². The van der Waals surface area contributed by atoms with Crippen LogP contribution >= 0.6 is 0 Å². The molecule has 0 spiro atoms. The molecular weight excluding hydrogens is 198 g/mol. The van der Waals surface area contributed by atoms with Gasteiger partial charge in [-0.05, 0) is 11.6 Å². The lowest BCUT2D eigenvalue weighted by atomic mass is 10.1. The predicted molar refractivity (Wildman–Crippen MR) is 50.8 cm³/mol. The lowest BCUT2D eigenvalue weighted by Crippen LogP contribution is -2.34. The number of aliphatic carboxylic acids is 1. The van der Waals surface area contributed by atoms with E-state index < -0.39 is 5.97 Å². The van der Waals surface area contributed by atoms with Gasteiger partial charge < -0.3 is 5.11 Å². The van der Waals surface area contributed by atoms with Crippen LogP contribution in [0, 0.1) is 0 Å². The molecule has 80 valence electrons. The van der Waals surface area contributed by atoms with Gasteiger partial charge in [-0.2, -0.15) is 5.21 Å². The fourth-order valence-corrected chi connectivity index (χ4v) is 1.59. The van der Waals surface area contributed by atoms with Gasteiger partial charge in [0.25, 0.3) is 0 Å². The number of aromatic amines is 1. The van der Waals surface area contributed by atoms with E-state index in [0.717, 1.165) is 18.5 Å². The van der Waals surface area contributed by atoms with Crippen molar-refractivity contribution in [3.05, 3.63) is 11.9 Å². The molecule has 15 heavy (non-hydrogen) atoms. The zero-order valence-corrected chi connectivity index (χ0v) is 8.05. The minimum atomic E-state index is -0.815. The maximum absolute atomic E-state index is 10.5. The average molecular weight is 209 g/mol. The molecule has 2 N–H and O–H groups in total. The number of aromatic nitrogens is 4. The van der Waals surface area contributed by atoms with E-state index >= 15 is 0 Å². The number of hydrogen-bond donors (Lipinski definition) is 2. The molecule has 7 heteroatoms. The highest BCUT2D eigenvalue weighted by atomic mass is 16.4. The van der Waals surface area contributed by atoms with Crippen LogP contribution < -0.4 is 0 Å². The van der Waals surface area contributed by atoms with Gasteiger partial charge in [0.05, 0.1) is 6.54 Å². The van der Waals surface area contributed by atoms with E-state index in [1.54, 1.807) is 0 Å². The zero-order chi connectivity index (χ0) is 10.7. The summed E-state index contributed by atoms with van der Waals surface area (Å²) in [4.78, 5) is 12.4. The molecule has 0 atom stereocenters. The summed E-state index contributed by atoms with van der Waals surface area (Å²) in [5.74, 6) is -0.269. The largest absolute Gasteiger partial charge is 0.480 e. The molecule has 0 unspecified atom stereocenters.